The summed E-state index contributed by atoms with van der Waals surface area (Å²) in [7, 11) is 0. The van der Waals surface area contributed by atoms with Crippen molar-refractivity contribution >= 4 is 39.2 Å². The molecule has 0 atom stereocenters. The molecule has 4 aromatic rings. The maximum Gasteiger partial charge on any atom is 0.262 e. The van der Waals surface area contributed by atoms with Gasteiger partial charge in [-0.1, -0.05) is 12.1 Å². The fourth-order valence-electron chi connectivity index (χ4n) is 3.54. The Morgan fingerprint density at radius 3 is 2.77 bits per heavy atom. The topological polar surface area (TPSA) is 113 Å². The zero-order chi connectivity index (χ0) is 21.4. The number of benzene rings is 1. The Labute approximate surface area is 180 Å². The summed E-state index contributed by atoms with van der Waals surface area (Å²) in [6.07, 6.45) is 1.25. The third-order valence-electron chi connectivity index (χ3n) is 5.11. The van der Waals surface area contributed by atoms with Gasteiger partial charge >= 0.3 is 0 Å². The van der Waals surface area contributed by atoms with Crippen LogP contribution in [0.4, 0.5) is 10.8 Å². The van der Waals surface area contributed by atoms with Gasteiger partial charge in [-0.3, -0.25) is 9.59 Å². The highest BCUT2D eigenvalue weighted by Gasteiger charge is 2.22. The SMILES string of the molecule is Cc1oc2nc[nH]c(=O)c2c1C(=O)Nc1ccc(-c2csc(N3CCOCC3)n2)cc1. The summed E-state index contributed by atoms with van der Waals surface area (Å²) in [5.41, 5.74) is 2.36. The first-order valence-corrected chi connectivity index (χ1v) is 10.6. The van der Waals surface area contributed by atoms with Gasteiger partial charge in [0.25, 0.3) is 11.5 Å². The number of furan rings is 1. The minimum absolute atomic E-state index is 0.140. The van der Waals surface area contributed by atoms with Crippen molar-refractivity contribution in [3.05, 3.63) is 57.7 Å². The number of carbonyl (C=O) groups is 1. The second kappa shape index (κ2) is 7.97. The molecule has 1 aromatic carbocycles. The zero-order valence-electron chi connectivity index (χ0n) is 16.7. The van der Waals surface area contributed by atoms with Crippen LogP contribution in [0.2, 0.25) is 0 Å². The van der Waals surface area contributed by atoms with Crippen LogP contribution in [-0.4, -0.2) is 47.2 Å². The third-order valence-corrected chi connectivity index (χ3v) is 6.01. The smallest absolute Gasteiger partial charge is 0.262 e. The van der Waals surface area contributed by atoms with Gasteiger partial charge in [0, 0.05) is 29.7 Å². The molecule has 0 bridgehead atoms. The molecule has 0 radical (unpaired) electrons. The molecule has 0 saturated carbocycles. The van der Waals surface area contributed by atoms with Crippen molar-refractivity contribution in [3.8, 4) is 11.3 Å². The number of H-pyrrole nitrogens is 1. The van der Waals surface area contributed by atoms with Crippen LogP contribution >= 0.6 is 11.3 Å². The molecule has 1 aliphatic heterocycles. The van der Waals surface area contributed by atoms with E-state index in [-0.39, 0.29) is 16.7 Å². The molecule has 0 spiro atoms. The minimum Gasteiger partial charge on any atom is -0.442 e. The third kappa shape index (κ3) is 3.71. The van der Waals surface area contributed by atoms with Gasteiger partial charge in [-0.25, -0.2) is 9.97 Å². The van der Waals surface area contributed by atoms with Crippen molar-refractivity contribution in [3.63, 3.8) is 0 Å². The van der Waals surface area contributed by atoms with E-state index in [1.165, 1.54) is 6.33 Å². The number of hydrogen-bond donors (Lipinski definition) is 2. The van der Waals surface area contributed by atoms with Crippen LogP contribution in [-0.2, 0) is 4.74 Å². The summed E-state index contributed by atoms with van der Waals surface area (Å²) in [6.45, 7) is 4.76. The van der Waals surface area contributed by atoms with Crippen LogP contribution in [0.3, 0.4) is 0 Å². The van der Waals surface area contributed by atoms with E-state index in [0.717, 1.165) is 42.7 Å². The molecule has 1 saturated heterocycles. The molecule has 1 aliphatic rings. The number of nitrogens with one attached hydrogen (secondary N) is 2. The summed E-state index contributed by atoms with van der Waals surface area (Å²) >= 11 is 1.61. The number of fused-ring (bicyclic) bond motifs is 1. The Kier molecular flexibility index (Phi) is 5.00. The molecular formula is C21H19N5O4S. The van der Waals surface area contributed by atoms with Gasteiger partial charge in [-0.05, 0) is 19.1 Å². The van der Waals surface area contributed by atoms with Crippen molar-refractivity contribution < 1.29 is 13.9 Å². The predicted octanol–water partition coefficient (Wildman–Crippen LogP) is 3.04. The van der Waals surface area contributed by atoms with E-state index >= 15 is 0 Å². The number of nitrogens with zero attached hydrogens (tertiary/aromatic N) is 3. The molecule has 31 heavy (non-hydrogen) atoms. The number of carbonyl (C=O) groups excluding carboxylic acids is 1. The number of aryl methyl sites for hydroxylation is 1. The summed E-state index contributed by atoms with van der Waals surface area (Å²) in [5, 5.41) is 5.98. The Morgan fingerprint density at radius 1 is 1.23 bits per heavy atom. The van der Waals surface area contributed by atoms with E-state index in [9.17, 15) is 9.59 Å². The monoisotopic (exact) mass is 437 g/mol. The van der Waals surface area contributed by atoms with Gasteiger partial charge in [0.15, 0.2) is 5.13 Å². The number of ether oxygens (including phenoxy) is 1. The van der Waals surface area contributed by atoms with Gasteiger partial charge in [-0.2, -0.15) is 0 Å². The number of morpholine rings is 1. The number of thiazole rings is 1. The molecule has 0 aliphatic carbocycles. The number of rotatable bonds is 4. The van der Waals surface area contributed by atoms with Crippen LogP contribution in [0.1, 0.15) is 16.1 Å². The van der Waals surface area contributed by atoms with Crippen molar-refractivity contribution in [1.29, 1.82) is 0 Å². The van der Waals surface area contributed by atoms with Crippen LogP contribution < -0.4 is 15.8 Å². The van der Waals surface area contributed by atoms with Crippen molar-refractivity contribution in [2.75, 3.05) is 36.5 Å². The first-order chi connectivity index (χ1) is 15.1. The molecule has 1 fully saturated rings. The molecule has 10 heteroatoms. The van der Waals surface area contributed by atoms with Crippen molar-refractivity contribution in [1.82, 2.24) is 15.0 Å². The minimum atomic E-state index is -0.425. The van der Waals surface area contributed by atoms with Crippen LogP contribution in [0, 0.1) is 6.92 Å². The molecule has 158 valence electrons. The highest BCUT2D eigenvalue weighted by molar-refractivity contribution is 7.14. The number of aromatic nitrogens is 3. The Hall–Kier alpha value is -3.50. The lowest BCUT2D eigenvalue weighted by molar-refractivity contribution is 0.102. The zero-order valence-corrected chi connectivity index (χ0v) is 17.5. The Morgan fingerprint density at radius 2 is 2.00 bits per heavy atom. The molecule has 0 unspecified atom stereocenters. The maximum atomic E-state index is 12.8. The summed E-state index contributed by atoms with van der Waals surface area (Å²) in [6, 6.07) is 7.42. The lowest BCUT2D eigenvalue weighted by Gasteiger charge is -2.26. The summed E-state index contributed by atoms with van der Waals surface area (Å²) in [5.74, 6) is -0.0859. The highest BCUT2D eigenvalue weighted by Crippen LogP contribution is 2.29. The Balaban J connectivity index is 1.34. The molecule has 3 aromatic heterocycles. The normalized spacial score (nSPS) is 14.2. The molecular weight excluding hydrogens is 418 g/mol. The predicted molar refractivity (Wildman–Crippen MR) is 118 cm³/mol. The van der Waals surface area contributed by atoms with Crippen LogP contribution in [0.25, 0.3) is 22.4 Å². The van der Waals surface area contributed by atoms with E-state index in [1.807, 2.05) is 17.5 Å². The van der Waals surface area contributed by atoms with Crippen molar-refractivity contribution in [2.45, 2.75) is 6.92 Å². The van der Waals surface area contributed by atoms with Crippen molar-refractivity contribution in [2.24, 2.45) is 0 Å². The van der Waals surface area contributed by atoms with E-state index in [1.54, 1.807) is 30.4 Å². The second-order valence-corrected chi connectivity index (χ2v) is 7.93. The van der Waals surface area contributed by atoms with E-state index < -0.39 is 11.5 Å². The van der Waals surface area contributed by atoms with Gasteiger partial charge in [0.1, 0.15) is 11.1 Å². The number of anilines is 2. The second-order valence-electron chi connectivity index (χ2n) is 7.09. The quantitative estimate of drug-likeness (QED) is 0.504. The lowest BCUT2D eigenvalue weighted by Crippen LogP contribution is -2.36. The van der Waals surface area contributed by atoms with Crippen LogP contribution in [0.5, 0.6) is 0 Å². The number of aromatic amines is 1. The molecule has 1 amide bonds. The van der Waals surface area contributed by atoms with Gasteiger partial charge < -0.3 is 24.4 Å². The lowest BCUT2D eigenvalue weighted by atomic mass is 10.1. The van der Waals surface area contributed by atoms with E-state index in [2.05, 4.69) is 20.2 Å². The molecule has 2 N–H and O–H groups in total. The Bertz CT molecular complexity index is 1300. The van der Waals surface area contributed by atoms with Gasteiger partial charge in [0.05, 0.1) is 30.8 Å². The summed E-state index contributed by atoms with van der Waals surface area (Å²) in [4.78, 5) is 38.4. The van der Waals surface area contributed by atoms with Gasteiger partial charge in [0.2, 0.25) is 5.71 Å². The molecule has 4 heterocycles. The summed E-state index contributed by atoms with van der Waals surface area (Å²) < 4.78 is 10.9. The number of amides is 1. The first kappa shape index (κ1) is 19.5. The largest absolute Gasteiger partial charge is 0.442 e. The van der Waals surface area contributed by atoms with Crippen LogP contribution in [0.15, 0.2) is 45.2 Å². The van der Waals surface area contributed by atoms with Gasteiger partial charge in [-0.15, -0.1) is 11.3 Å². The molecule has 9 nitrogen and oxygen atoms in total. The standard InChI is InChI=1S/C21H19N5O4S/c1-12-16(17-18(27)22-11-23-20(17)30-12)19(28)24-14-4-2-13(3-5-14)15-10-31-21(25-15)26-6-8-29-9-7-26/h2-5,10-11H,6-9H2,1H3,(H,24,28)(H,22,23,27). The fourth-order valence-corrected chi connectivity index (χ4v) is 4.43. The first-order valence-electron chi connectivity index (χ1n) is 9.77. The molecule has 5 rings (SSSR count). The number of hydrogen-bond acceptors (Lipinski definition) is 8. The average molecular weight is 437 g/mol. The fraction of sp³-hybridized carbons (Fsp3) is 0.238. The van der Waals surface area contributed by atoms with E-state index in [4.69, 9.17) is 14.1 Å². The highest BCUT2D eigenvalue weighted by atomic mass is 32.1. The average Bonchev–Trinajstić information content (AvgIpc) is 3.40. The van der Waals surface area contributed by atoms with E-state index in [0.29, 0.717) is 11.4 Å². The maximum absolute atomic E-state index is 12.8.